The summed E-state index contributed by atoms with van der Waals surface area (Å²) in [6.45, 7) is 1.90. The number of nitrogens with zero attached hydrogens (tertiary/aromatic N) is 2. The summed E-state index contributed by atoms with van der Waals surface area (Å²) in [5, 5.41) is 2.00. The number of methoxy groups -OCH3 is 1. The van der Waals surface area contributed by atoms with Crippen molar-refractivity contribution in [1.82, 2.24) is 9.80 Å². The van der Waals surface area contributed by atoms with Crippen LogP contribution in [0.4, 0.5) is 0 Å². The lowest BCUT2D eigenvalue weighted by molar-refractivity contribution is -0.141. The van der Waals surface area contributed by atoms with Gasteiger partial charge < -0.3 is 24.0 Å². The molecule has 0 unspecified atom stereocenters. The molecular formula is C33H34N2O5S. The molecule has 0 spiro atoms. The highest BCUT2D eigenvalue weighted by Crippen LogP contribution is 2.33. The molecule has 0 radical (unpaired) electrons. The van der Waals surface area contributed by atoms with Gasteiger partial charge in [0.05, 0.1) is 19.0 Å². The Morgan fingerprint density at radius 1 is 0.854 bits per heavy atom. The van der Waals surface area contributed by atoms with Crippen molar-refractivity contribution >= 4 is 23.2 Å². The molecule has 2 amide bonds. The van der Waals surface area contributed by atoms with Crippen molar-refractivity contribution in [2.45, 2.75) is 25.4 Å². The molecule has 0 bridgehead atoms. The molecule has 3 aromatic carbocycles. The van der Waals surface area contributed by atoms with Crippen molar-refractivity contribution in [2.75, 3.05) is 33.6 Å². The van der Waals surface area contributed by atoms with Crippen molar-refractivity contribution in [3.63, 3.8) is 0 Å². The van der Waals surface area contributed by atoms with Gasteiger partial charge in [-0.05, 0) is 46.7 Å². The number of amides is 2. The van der Waals surface area contributed by atoms with E-state index in [1.54, 1.807) is 28.2 Å². The fraction of sp³-hybridized carbons (Fsp3) is 0.273. The molecule has 2 heterocycles. The molecule has 5 rings (SSSR count). The van der Waals surface area contributed by atoms with Crippen molar-refractivity contribution < 1.29 is 23.8 Å². The molecule has 212 valence electrons. The topological polar surface area (TPSA) is 68.3 Å². The summed E-state index contributed by atoms with van der Waals surface area (Å²) in [5.74, 6) is 0.628. The van der Waals surface area contributed by atoms with Gasteiger partial charge in [0.1, 0.15) is 0 Å². The van der Waals surface area contributed by atoms with Crippen LogP contribution < -0.4 is 9.47 Å². The largest absolute Gasteiger partial charge is 0.454 e. The van der Waals surface area contributed by atoms with Gasteiger partial charge in [-0.25, -0.2) is 0 Å². The molecule has 1 aliphatic rings. The first-order chi connectivity index (χ1) is 20.1. The molecule has 0 atom stereocenters. The van der Waals surface area contributed by atoms with Crippen molar-refractivity contribution in [3.8, 4) is 11.5 Å². The molecule has 7 nitrogen and oxygen atoms in total. The lowest BCUT2D eigenvalue weighted by atomic mass is 9.90. The van der Waals surface area contributed by atoms with Gasteiger partial charge in [0.15, 0.2) is 11.5 Å². The van der Waals surface area contributed by atoms with Crippen molar-refractivity contribution in [2.24, 2.45) is 0 Å². The summed E-state index contributed by atoms with van der Waals surface area (Å²) in [6.07, 6.45) is 0.624. The molecule has 41 heavy (non-hydrogen) atoms. The minimum Gasteiger partial charge on any atom is -0.454 e. The van der Waals surface area contributed by atoms with E-state index < -0.39 is 5.92 Å². The number of hydrogen-bond donors (Lipinski definition) is 0. The first-order valence-electron chi connectivity index (χ1n) is 13.7. The maximum Gasteiger partial charge on any atom is 0.242 e. The van der Waals surface area contributed by atoms with E-state index in [0.717, 1.165) is 21.6 Å². The lowest BCUT2D eigenvalue weighted by Crippen LogP contribution is -2.44. The summed E-state index contributed by atoms with van der Waals surface area (Å²) in [7, 11) is 1.64. The van der Waals surface area contributed by atoms with Gasteiger partial charge in [0.25, 0.3) is 0 Å². The fourth-order valence-corrected chi connectivity index (χ4v) is 5.68. The summed E-state index contributed by atoms with van der Waals surface area (Å²) in [5.41, 5.74) is 2.72. The van der Waals surface area contributed by atoms with Crippen LogP contribution in [0, 0.1) is 0 Å². The number of fused-ring (bicyclic) bond motifs is 1. The minimum atomic E-state index is -0.521. The van der Waals surface area contributed by atoms with E-state index in [2.05, 4.69) is 0 Å². The van der Waals surface area contributed by atoms with Gasteiger partial charge in [0.2, 0.25) is 18.6 Å². The number of benzene rings is 3. The number of hydrogen-bond acceptors (Lipinski definition) is 6. The molecule has 8 heteroatoms. The van der Waals surface area contributed by atoms with Crippen LogP contribution in [0.15, 0.2) is 96.4 Å². The van der Waals surface area contributed by atoms with E-state index in [4.69, 9.17) is 14.2 Å². The predicted molar refractivity (Wildman–Crippen MR) is 159 cm³/mol. The molecule has 1 aliphatic heterocycles. The SMILES string of the molecule is COCCCN(CC(=O)N(Cc1ccc2c(c1)OCO2)Cc1cccs1)C(=O)C(c1ccccc1)c1ccccc1. The Labute approximate surface area is 244 Å². The second-order valence-corrected chi connectivity index (χ2v) is 10.9. The molecule has 0 saturated heterocycles. The van der Waals surface area contributed by atoms with Crippen molar-refractivity contribution in [3.05, 3.63) is 118 Å². The summed E-state index contributed by atoms with van der Waals surface area (Å²) in [6, 6.07) is 29.2. The zero-order valence-corrected chi connectivity index (χ0v) is 23.9. The van der Waals surface area contributed by atoms with Crippen LogP contribution in [0.5, 0.6) is 11.5 Å². The number of rotatable bonds is 13. The van der Waals surface area contributed by atoms with Crippen LogP contribution in [0.25, 0.3) is 0 Å². The Bertz CT molecular complexity index is 1370. The van der Waals surface area contributed by atoms with E-state index in [-0.39, 0.29) is 25.2 Å². The third-order valence-corrected chi connectivity index (χ3v) is 7.88. The van der Waals surface area contributed by atoms with Gasteiger partial charge in [-0.3, -0.25) is 9.59 Å². The molecule has 4 aromatic rings. The Kier molecular flexibility index (Phi) is 9.67. The van der Waals surface area contributed by atoms with E-state index in [9.17, 15) is 9.59 Å². The van der Waals surface area contributed by atoms with Crippen molar-refractivity contribution in [1.29, 1.82) is 0 Å². The molecule has 1 aromatic heterocycles. The van der Waals surface area contributed by atoms with Gasteiger partial charge in [-0.2, -0.15) is 0 Å². The van der Waals surface area contributed by atoms with Crippen LogP contribution in [0.2, 0.25) is 0 Å². The molecule has 0 saturated carbocycles. The Morgan fingerprint density at radius 2 is 1.56 bits per heavy atom. The second-order valence-electron chi connectivity index (χ2n) is 9.88. The summed E-state index contributed by atoms with van der Waals surface area (Å²) >= 11 is 1.61. The molecular weight excluding hydrogens is 536 g/mol. The van der Waals surface area contributed by atoms with E-state index in [0.29, 0.717) is 44.2 Å². The van der Waals surface area contributed by atoms with Crippen LogP contribution in [0.1, 0.15) is 33.9 Å². The van der Waals surface area contributed by atoms with Gasteiger partial charge >= 0.3 is 0 Å². The number of ether oxygens (including phenoxy) is 3. The normalized spacial score (nSPS) is 12.0. The molecule has 0 N–H and O–H groups in total. The smallest absolute Gasteiger partial charge is 0.242 e. The van der Waals surface area contributed by atoms with Gasteiger partial charge in [0, 0.05) is 31.7 Å². The molecule has 0 fully saturated rings. The standard InChI is InChI=1S/C33H34N2O5S/c1-38-18-9-17-34(33(37)32(26-10-4-2-5-11-26)27-12-6-3-7-13-27)23-31(36)35(22-28-14-8-19-41-28)21-25-15-16-29-30(20-25)40-24-39-29/h2-8,10-16,19-20,32H,9,17-18,21-24H2,1H3. The number of carbonyl (C=O) groups is 2. The number of carbonyl (C=O) groups excluding carboxylic acids is 2. The zero-order valence-electron chi connectivity index (χ0n) is 23.1. The highest BCUT2D eigenvalue weighted by atomic mass is 32.1. The maximum atomic E-state index is 14.3. The second kappa shape index (κ2) is 14.0. The zero-order chi connectivity index (χ0) is 28.4. The lowest BCUT2D eigenvalue weighted by Gasteiger charge is -2.30. The Morgan fingerprint density at radius 3 is 2.22 bits per heavy atom. The average molecular weight is 571 g/mol. The van der Waals surface area contributed by atoms with Crippen LogP contribution in [-0.2, 0) is 27.4 Å². The maximum absolute atomic E-state index is 14.3. The summed E-state index contributed by atoms with van der Waals surface area (Å²) < 4.78 is 16.3. The third-order valence-electron chi connectivity index (χ3n) is 7.02. The Balaban J connectivity index is 1.41. The quantitative estimate of drug-likeness (QED) is 0.193. The monoisotopic (exact) mass is 570 g/mol. The third kappa shape index (κ3) is 7.34. The van der Waals surface area contributed by atoms with Gasteiger partial charge in [-0.1, -0.05) is 72.8 Å². The Hall–Kier alpha value is -4.14. The first kappa shape index (κ1) is 28.4. The van der Waals surface area contributed by atoms with Gasteiger partial charge in [-0.15, -0.1) is 11.3 Å². The fourth-order valence-electron chi connectivity index (χ4n) is 4.96. The number of thiophene rings is 1. The average Bonchev–Trinajstić information content (AvgIpc) is 3.69. The predicted octanol–water partition coefficient (Wildman–Crippen LogP) is 5.70. The van der Waals surface area contributed by atoms with Crippen LogP contribution >= 0.6 is 11.3 Å². The van der Waals surface area contributed by atoms with Crippen LogP contribution in [-0.4, -0.2) is 55.2 Å². The highest BCUT2D eigenvalue weighted by Gasteiger charge is 2.30. The minimum absolute atomic E-state index is 0.0331. The highest BCUT2D eigenvalue weighted by molar-refractivity contribution is 7.09. The first-order valence-corrected chi connectivity index (χ1v) is 14.6. The van der Waals surface area contributed by atoms with E-state index in [1.807, 2.05) is 96.4 Å². The van der Waals surface area contributed by atoms with E-state index in [1.165, 1.54) is 0 Å². The summed E-state index contributed by atoms with van der Waals surface area (Å²) in [4.78, 5) is 32.9. The van der Waals surface area contributed by atoms with E-state index >= 15 is 0 Å². The van der Waals surface area contributed by atoms with Crippen LogP contribution in [0.3, 0.4) is 0 Å². The molecule has 0 aliphatic carbocycles.